The first kappa shape index (κ1) is 16.2. The molecule has 3 atom stereocenters. The van der Waals surface area contributed by atoms with Gasteiger partial charge >= 0.3 is 0 Å². The van der Waals surface area contributed by atoms with Crippen LogP contribution in [0.5, 0.6) is 0 Å². The van der Waals surface area contributed by atoms with E-state index in [-0.39, 0.29) is 16.7 Å². The average molecular weight is 309 g/mol. The summed E-state index contributed by atoms with van der Waals surface area (Å²) in [6, 6.07) is 6.19. The third-order valence-electron chi connectivity index (χ3n) is 4.56. The number of rotatable bonds is 4. The minimum Gasteiger partial charge on any atom is -0.295 e. The summed E-state index contributed by atoms with van der Waals surface area (Å²) in [7, 11) is -3.57. The number of sulfonamides is 1. The Hall–Kier alpha value is -1.20. The van der Waals surface area contributed by atoms with E-state index in [9.17, 15) is 13.2 Å². The highest BCUT2D eigenvalue weighted by atomic mass is 32.2. The van der Waals surface area contributed by atoms with Gasteiger partial charge in [0.05, 0.1) is 4.90 Å². The molecule has 1 N–H and O–H groups in total. The second kappa shape index (κ2) is 6.28. The fraction of sp³-hybridized carbons (Fsp3) is 0.562. The lowest BCUT2D eigenvalue weighted by Gasteiger charge is -2.34. The molecule has 0 aliphatic heterocycles. The maximum Gasteiger partial charge on any atom is 0.240 e. The second-order valence-corrected chi connectivity index (χ2v) is 7.79. The van der Waals surface area contributed by atoms with Crippen LogP contribution in [-0.2, 0) is 10.0 Å². The van der Waals surface area contributed by atoms with Gasteiger partial charge in [0.1, 0.15) is 0 Å². The predicted molar refractivity (Wildman–Crippen MR) is 82.7 cm³/mol. The van der Waals surface area contributed by atoms with E-state index in [0.717, 1.165) is 19.3 Å². The summed E-state index contributed by atoms with van der Waals surface area (Å²) in [6.45, 7) is 5.70. The van der Waals surface area contributed by atoms with Crippen LogP contribution in [-0.4, -0.2) is 20.2 Å². The molecule has 0 bridgehead atoms. The van der Waals surface area contributed by atoms with Crippen molar-refractivity contribution in [3.63, 3.8) is 0 Å². The number of nitrogens with one attached hydrogen (secondary N) is 1. The van der Waals surface area contributed by atoms with Crippen LogP contribution in [0.1, 0.15) is 50.4 Å². The van der Waals surface area contributed by atoms with Gasteiger partial charge in [-0.25, -0.2) is 13.1 Å². The van der Waals surface area contributed by atoms with Gasteiger partial charge in [-0.2, -0.15) is 0 Å². The maximum atomic E-state index is 12.5. The first-order valence-corrected chi connectivity index (χ1v) is 8.93. The van der Waals surface area contributed by atoms with E-state index in [1.165, 1.54) is 19.1 Å². The molecule has 0 saturated heterocycles. The van der Waals surface area contributed by atoms with Gasteiger partial charge in [-0.05, 0) is 37.3 Å². The first-order valence-electron chi connectivity index (χ1n) is 7.44. The van der Waals surface area contributed by atoms with Gasteiger partial charge in [0.15, 0.2) is 5.78 Å². The van der Waals surface area contributed by atoms with E-state index in [4.69, 9.17) is 0 Å². The summed E-state index contributed by atoms with van der Waals surface area (Å²) in [5.74, 6) is 0.714. The molecular formula is C16H23NO3S. The highest BCUT2D eigenvalue weighted by molar-refractivity contribution is 7.89. The van der Waals surface area contributed by atoms with Gasteiger partial charge in [0.25, 0.3) is 0 Å². The van der Waals surface area contributed by atoms with Crippen LogP contribution in [0.2, 0.25) is 0 Å². The quantitative estimate of drug-likeness (QED) is 0.870. The van der Waals surface area contributed by atoms with E-state index in [2.05, 4.69) is 18.6 Å². The SMILES string of the molecule is CC(=O)c1cccc(S(=O)(=O)NC2CCCC(C)C2C)c1. The standard InChI is InChI=1S/C16H23NO3S/c1-11-6-4-9-16(12(11)2)17-21(19,20)15-8-5-7-14(10-15)13(3)18/h5,7-8,10-12,16-17H,4,6,9H2,1-3H3. The van der Waals surface area contributed by atoms with Gasteiger partial charge in [0.2, 0.25) is 10.0 Å². The molecule has 1 aromatic rings. The van der Waals surface area contributed by atoms with Crippen molar-refractivity contribution in [3.8, 4) is 0 Å². The molecule has 4 nitrogen and oxygen atoms in total. The van der Waals surface area contributed by atoms with Crippen molar-refractivity contribution in [2.75, 3.05) is 0 Å². The summed E-state index contributed by atoms with van der Waals surface area (Å²) >= 11 is 0. The van der Waals surface area contributed by atoms with Crippen molar-refractivity contribution in [1.82, 2.24) is 4.72 Å². The molecule has 21 heavy (non-hydrogen) atoms. The van der Waals surface area contributed by atoms with Crippen molar-refractivity contribution in [2.45, 2.75) is 51.0 Å². The fourth-order valence-electron chi connectivity index (χ4n) is 2.90. The third kappa shape index (κ3) is 3.71. The molecule has 2 rings (SSSR count). The van der Waals surface area contributed by atoms with Crippen LogP contribution in [0.4, 0.5) is 0 Å². The number of Topliss-reactive ketones (excluding diaryl/α,β-unsaturated/α-hetero) is 1. The minimum atomic E-state index is -3.57. The Morgan fingerprint density at radius 2 is 1.95 bits per heavy atom. The zero-order valence-electron chi connectivity index (χ0n) is 12.8. The van der Waals surface area contributed by atoms with Crippen LogP contribution in [0.25, 0.3) is 0 Å². The molecule has 5 heteroatoms. The van der Waals surface area contributed by atoms with E-state index >= 15 is 0 Å². The molecule has 0 heterocycles. The maximum absolute atomic E-state index is 12.5. The summed E-state index contributed by atoms with van der Waals surface area (Å²) in [6.07, 6.45) is 3.07. The molecule has 1 aliphatic rings. The molecular weight excluding hydrogens is 286 g/mol. The largest absolute Gasteiger partial charge is 0.295 e. The number of hydrogen-bond acceptors (Lipinski definition) is 3. The molecule has 1 fully saturated rings. The molecule has 1 saturated carbocycles. The Morgan fingerprint density at radius 1 is 1.24 bits per heavy atom. The molecule has 0 amide bonds. The number of carbonyl (C=O) groups is 1. The van der Waals surface area contributed by atoms with Gasteiger partial charge in [0, 0.05) is 11.6 Å². The van der Waals surface area contributed by atoms with Crippen molar-refractivity contribution in [2.24, 2.45) is 11.8 Å². The topological polar surface area (TPSA) is 63.2 Å². The second-order valence-electron chi connectivity index (χ2n) is 6.08. The van der Waals surface area contributed by atoms with Gasteiger partial charge in [-0.15, -0.1) is 0 Å². The zero-order valence-corrected chi connectivity index (χ0v) is 13.6. The van der Waals surface area contributed by atoms with Crippen LogP contribution in [0.3, 0.4) is 0 Å². The van der Waals surface area contributed by atoms with Crippen LogP contribution in [0.15, 0.2) is 29.2 Å². The summed E-state index contributed by atoms with van der Waals surface area (Å²) < 4.78 is 27.8. The van der Waals surface area contributed by atoms with Crippen molar-refractivity contribution < 1.29 is 13.2 Å². The molecule has 0 radical (unpaired) electrons. The Kier molecular flexibility index (Phi) is 4.84. The number of carbonyl (C=O) groups excluding carboxylic acids is 1. The monoisotopic (exact) mass is 309 g/mol. The minimum absolute atomic E-state index is 0.0280. The zero-order chi connectivity index (χ0) is 15.6. The van der Waals surface area contributed by atoms with Crippen LogP contribution >= 0.6 is 0 Å². The Morgan fingerprint density at radius 3 is 2.62 bits per heavy atom. The lowest BCUT2D eigenvalue weighted by molar-refractivity contribution is 0.101. The molecule has 3 unspecified atom stereocenters. The Labute approximate surface area is 127 Å². The lowest BCUT2D eigenvalue weighted by Crippen LogP contribution is -2.43. The van der Waals surface area contributed by atoms with E-state index in [1.54, 1.807) is 12.1 Å². The number of hydrogen-bond donors (Lipinski definition) is 1. The van der Waals surface area contributed by atoms with Gasteiger partial charge in [-0.3, -0.25) is 4.79 Å². The van der Waals surface area contributed by atoms with Crippen molar-refractivity contribution in [1.29, 1.82) is 0 Å². The van der Waals surface area contributed by atoms with E-state index < -0.39 is 10.0 Å². The average Bonchev–Trinajstić information content (AvgIpc) is 2.44. The van der Waals surface area contributed by atoms with Crippen LogP contribution < -0.4 is 4.72 Å². The van der Waals surface area contributed by atoms with Gasteiger partial charge < -0.3 is 0 Å². The highest BCUT2D eigenvalue weighted by Crippen LogP contribution is 2.30. The van der Waals surface area contributed by atoms with E-state index in [0.29, 0.717) is 17.4 Å². The summed E-state index contributed by atoms with van der Waals surface area (Å²) in [5, 5.41) is 0. The van der Waals surface area contributed by atoms with Crippen molar-refractivity contribution >= 4 is 15.8 Å². The number of ketones is 1. The Bertz CT molecular complexity index is 624. The summed E-state index contributed by atoms with van der Waals surface area (Å²) in [4.78, 5) is 11.6. The molecule has 1 aliphatic carbocycles. The highest BCUT2D eigenvalue weighted by Gasteiger charge is 2.30. The van der Waals surface area contributed by atoms with Gasteiger partial charge in [-0.1, -0.05) is 38.8 Å². The third-order valence-corrected chi connectivity index (χ3v) is 6.05. The molecule has 0 aromatic heterocycles. The van der Waals surface area contributed by atoms with E-state index in [1.807, 2.05) is 0 Å². The van der Waals surface area contributed by atoms with Crippen LogP contribution in [0, 0.1) is 11.8 Å². The molecule has 0 spiro atoms. The predicted octanol–water partition coefficient (Wildman–Crippen LogP) is 2.99. The summed E-state index contributed by atoms with van der Waals surface area (Å²) in [5.41, 5.74) is 0.419. The first-order chi connectivity index (χ1) is 9.81. The fourth-order valence-corrected chi connectivity index (χ4v) is 4.30. The Balaban J connectivity index is 2.22. The normalized spacial score (nSPS) is 26.5. The molecule has 1 aromatic carbocycles. The van der Waals surface area contributed by atoms with Crippen molar-refractivity contribution in [3.05, 3.63) is 29.8 Å². The number of benzene rings is 1. The smallest absolute Gasteiger partial charge is 0.240 e. The molecule has 116 valence electrons. The lowest BCUT2D eigenvalue weighted by atomic mass is 9.78.